The van der Waals surface area contributed by atoms with Crippen molar-refractivity contribution in [3.8, 4) is 11.1 Å². The second-order valence-electron chi connectivity index (χ2n) is 7.70. The number of rotatable bonds is 7. The molecule has 6 nitrogen and oxygen atoms in total. The lowest BCUT2D eigenvalue weighted by Gasteiger charge is -2.43. The van der Waals surface area contributed by atoms with Gasteiger partial charge in [0.15, 0.2) is 5.82 Å². The van der Waals surface area contributed by atoms with Crippen molar-refractivity contribution in [2.24, 2.45) is 0 Å². The molecule has 1 saturated heterocycles. The first-order valence-electron chi connectivity index (χ1n) is 9.94. The third kappa shape index (κ3) is 4.14. The van der Waals surface area contributed by atoms with Gasteiger partial charge in [-0.15, -0.1) is 11.3 Å². The Bertz CT molecular complexity index is 952. The molecule has 1 fully saturated rings. The molecule has 154 valence electrons. The topological polar surface area (TPSA) is 59.5 Å². The normalized spacial score (nSPS) is 16.4. The summed E-state index contributed by atoms with van der Waals surface area (Å²) in [5.74, 6) is 1.59. The van der Waals surface area contributed by atoms with Crippen molar-refractivity contribution in [2.75, 3.05) is 46.3 Å². The van der Waals surface area contributed by atoms with Crippen LogP contribution in [-0.4, -0.2) is 61.4 Å². The van der Waals surface area contributed by atoms with Crippen LogP contribution < -0.4 is 5.32 Å². The summed E-state index contributed by atoms with van der Waals surface area (Å²) in [4.78, 5) is 12.9. The summed E-state index contributed by atoms with van der Waals surface area (Å²) in [6.07, 6.45) is 2.00. The first-order valence-corrected chi connectivity index (χ1v) is 10.8. The van der Waals surface area contributed by atoms with Crippen molar-refractivity contribution in [1.82, 2.24) is 14.9 Å². The molecule has 3 heterocycles. The van der Waals surface area contributed by atoms with E-state index in [4.69, 9.17) is 19.4 Å². The third-order valence-corrected chi connectivity index (χ3v) is 6.67. The van der Waals surface area contributed by atoms with Crippen LogP contribution >= 0.6 is 11.3 Å². The fourth-order valence-electron chi connectivity index (χ4n) is 3.92. The zero-order chi connectivity index (χ0) is 20.3. The van der Waals surface area contributed by atoms with Crippen molar-refractivity contribution in [1.29, 1.82) is 0 Å². The number of nitrogens with one attached hydrogen (secondary N) is 1. The molecule has 1 aliphatic rings. The van der Waals surface area contributed by atoms with Gasteiger partial charge in [0.05, 0.1) is 5.39 Å². The predicted molar refractivity (Wildman–Crippen MR) is 119 cm³/mol. The number of hydrogen-bond acceptors (Lipinski definition) is 7. The number of nitrogens with zero attached hydrogens (tertiary/aromatic N) is 3. The second kappa shape index (κ2) is 8.75. The average Bonchev–Trinajstić information content (AvgIpc) is 3.18. The maximum atomic E-state index is 5.62. The lowest BCUT2D eigenvalue weighted by atomic mass is 9.88. The van der Waals surface area contributed by atoms with E-state index in [0.29, 0.717) is 12.4 Å². The number of fused-ring (bicyclic) bond motifs is 1. The minimum Gasteiger partial charge on any atom is -0.381 e. The predicted octanol–water partition coefficient (Wildman–Crippen LogP) is 4.03. The number of anilines is 1. The largest absolute Gasteiger partial charge is 0.381 e. The molecule has 0 radical (unpaired) electrons. The number of thiophene rings is 1. The molecule has 0 amide bonds. The van der Waals surface area contributed by atoms with Crippen LogP contribution in [0.2, 0.25) is 0 Å². The van der Waals surface area contributed by atoms with E-state index in [0.717, 1.165) is 48.6 Å². The highest BCUT2D eigenvalue weighted by Gasteiger charge is 2.35. The SMILES string of the molecule is COCc1nc(NCC2(N(C)C)CCOCC2)c2c(-c3ccccc3)csc2n1. The number of likely N-dealkylation sites (N-methyl/N-ethyl adjacent to an activating group) is 1. The van der Waals surface area contributed by atoms with Crippen LogP contribution in [0.1, 0.15) is 18.7 Å². The molecule has 0 unspecified atom stereocenters. The Morgan fingerprint density at radius 2 is 1.93 bits per heavy atom. The fraction of sp³-hybridized carbons (Fsp3) is 0.455. The van der Waals surface area contributed by atoms with Gasteiger partial charge in [0.1, 0.15) is 17.3 Å². The van der Waals surface area contributed by atoms with E-state index in [9.17, 15) is 0 Å². The number of ether oxygens (including phenoxy) is 2. The van der Waals surface area contributed by atoms with Crippen LogP contribution in [0.15, 0.2) is 35.7 Å². The lowest BCUT2D eigenvalue weighted by Crippen LogP contribution is -2.53. The minimum absolute atomic E-state index is 0.0554. The van der Waals surface area contributed by atoms with Gasteiger partial charge in [-0.25, -0.2) is 9.97 Å². The van der Waals surface area contributed by atoms with Crippen molar-refractivity contribution in [3.05, 3.63) is 41.5 Å². The van der Waals surface area contributed by atoms with Crippen molar-refractivity contribution >= 4 is 27.4 Å². The molecule has 0 saturated carbocycles. The van der Waals surface area contributed by atoms with E-state index in [2.05, 4.69) is 54.0 Å². The van der Waals surface area contributed by atoms with Gasteiger partial charge in [-0.05, 0) is 32.5 Å². The van der Waals surface area contributed by atoms with Gasteiger partial charge in [-0.1, -0.05) is 30.3 Å². The molecule has 3 aromatic rings. The van der Waals surface area contributed by atoms with Crippen molar-refractivity contribution < 1.29 is 9.47 Å². The van der Waals surface area contributed by atoms with E-state index >= 15 is 0 Å². The number of aromatic nitrogens is 2. The van der Waals surface area contributed by atoms with Crippen LogP contribution in [0.25, 0.3) is 21.3 Å². The Kier molecular flexibility index (Phi) is 6.10. The molecule has 0 spiro atoms. The summed E-state index contributed by atoms with van der Waals surface area (Å²) in [6.45, 7) is 2.80. The highest BCUT2D eigenvalue weighted by Crippen LogP contribution is 2.37. The maximum absolute atomic E-state index is 5.62. The van der Waals surface area contributed by atoms with E-state index < -0.39 is 0 Å². The monoisotopic (exact) mass is 412 g/mol. The Labute approximate surface area is 175 Å². The number of hydrogen-bond donors (Lipinski definition) is 1. The molecule has 7 heteroatoms. The standard InChI is InChI=1S/C22H28N4O2S/c1-26(2)22(9-11-28-12-10-22)15-23-20-19-17(16-7-5-4-6-8-16)14-29-21(19)25-18(24-20)13-27-3/h4-8,14H,9-13,15H2,1-3H3,(H,23,24,25). The molecule has 0 atom stereocenters. The van der Waals surface area contributed by atoms with Crippen LogP contribution in [0, 0.1) is 0 Å². The Hall–Kier alpha value is -2.06. The van der Waals surface area contributed by atoms with E-state index in [-0.39, 0.29) is 5.54 Å². The van der Waals surface area contributed by atoms with E-state index in [1.807, 2.05) is 6.07 Å². The molecule has 1 aliphatic heterocycles. The second-order valence-corrected chi connectivity index (χ2v) is 8.56. The average molecular weight is 413 g/mol. The zero-order valence-corrected chi connectivity index (χ0v) is 18.1. The molecule has 2 aromatic heterocycles. The molecular formula is C22H28N4O2S. The van der Waals surface area contributed by atoms with Crippen LogP contribution in [-0.2, 0) is 16.1 Å². The summed E-state index contributed by atoms with van der Waals surface area (Å²) in [7, 11) is 5.98. The summed E-state index contributed by atoms with van der Waals surface area (Å²) in [6, 6.07) is 10.4. The zero-order valence-electron chi connectivity index (χ0n) is 17.3. The van der Waals surface area contributed by atoms with Gasteiger partial charge in [0.2, 0.25) is 0 Å². The highest BCUT2D eigenvalue weighted by atomic mass is 32.1. The molecule has 29 heavy (non-hydrogen) atoms. The first-order chi connectivity index (χ1) is 14.1. The maximum Gasteiger partial charge on any atom is 0.158 e. The molecule has 1 aromatic carbocycles. The molecule has 4 rings (SSSR count). The van der Waals surface area contributed by atoms with Crippen molar-refractivity contribution in [2.45, 2.75) is 25.0 Å². The van der Waals surface area contributed by atoms with E-state index in [1.54, 1.807) is 18.4 Å². The van der Waals surface area contributed by atoms with Crippen LogP contribution in [0.3, 0.4) is 0 Å². The molecular weight excluding hydrogens is 384 g/mol. The first kappa shape index (κ1) is 20.2. The summed E-state index contributed by atoms with van der Waals surface area (Å²) < 4.78 is 10.9. The smallest absolute Gasteiger partial charge is 0.158 e. The van der Waals surface area contributed by atoms with Gasteiger partial charge >= 0.3 is 0 Å². The van der Waals surface area contributed by atoms with Gasteiger partial charge in [-0.3, -0.25) is 0 Å². The summed E-state index contributed by atoms with van der Waals surface area (Å²) in [5, 5.41) is 6.94. The van der Waals surface area contributed by atoms with Crippen LogP contribution in [0.5, 0.6) is 0 Å². The van der Waals surface area contributed by atoms with Gasteiger partial charge in [0, 0.05) is 43.4 Å². The van der Waals surface area contributed by atoms with Gasteiger partial charge in [0.25, 0.3) is 0 Å². The van der Waals surface area contributed by atoms with Gasteiger partial charge < -0.3 is 19.7 Å². The van der Waals surface area contributed by atoms with Gasteiger partial charge in [-0.2, -0.15) is 0 Å². The Morgan fingerprint density at radius 1 is 1.17 bits per heavy atom. The third-order valence-electron chi connectivity index (χ3n) is 5.80. The molecule has 1 N–H and O–H groups in total. The lowest BCUT2D eigenvalue weighted by molar-refractivity contribution is -0.000655. The number of benzene rings is 1. The van der Waals surface area contributed by atoms with E-state index in [1.165, 1.54) is 11.1 Å². The fourth-order valence-corrected chi connectivity index (χ4v) is 4.89. The Morgan fingerprint density at radius 3 is 2.62 bits per heavy atom. The minimum atomic E-state index is 0.0554. The summed E-state index contributed by atoms with van der Waals surface area (Å²) >= 11 is 1.65. The van der Waals surface area contributed by atoms with Crippen LogP contribution in [0.4, 0.5) is 5.82 Å². The molecule has 0 bridgehead atoms. The summed E-state index contributed by atoms with van der Waals surface area (Å²) in [5.41, 5.74) is 2.40. The highest BCUT2D eigenvalue weighted by molar-refractivity contribution is 7.17. The van der Waals surface area contributed by atoms with Crippen molar-refractivity contribution in [3.63, 3.8) is 0 Å². The molecule has 0 aliphatic carbocycles. The Balaban J connectivity index is 1.74. The quantitative estimate of drug-likeness (QED) is 0.632. The number of methoxy groups -OCH3 is 1.